The van der Waals surface area contributed by atoms with Crippen LogP contribution in [0.2, 0.25) is 0 Å². The van der Waals surface area contributed by atoms with Crippen LogP contribution in [0.4, 0.5) is 0 Å². The predicted octanol–water partition coefficient (Wildman–Crippen LogP) is 0.613. The van der Waals surface area contributed by atoms with Gasteiger partial charge in [-0.25, -0.2) is 0 Å². The lowest BCUT2D eigenvalue weighted by molar-refractivity contribution is -0.143. The van der Waals surface area contributed by atoms with Gasteiger partial charge >= 0.3 is 5.97 Å². The molecule has 0 aliphatic carbocycles. The third-order valence-electron chi connectivity index (χ3n) is 0.796. The molecule has 0 aromatic carbocycles. The lowest BCUT2D eigenvalue weighted by Gasteiger charge is -1.98. The van der Waals surface area contributed by atoms with E-state index >= 15 is 0 Å². The van der Waals surface area contributed by atoms with Crippen molar-refractivity contribution < 1.29 is 9.53 Å². The maximum absolute atomic E-state index is 10.5. The number of carbonyl (C=O) groups is 1. The van der Waals surface area contributed by atoms with Gasteiger partial charge in [-0.2, -0.15) is 0 Å². The van der Waals surface area contributed by atoms with Crippen molar-refractivity contribution >= 4 is 5.97 Å². The molecule has 9 heavy (non-hydrogen) atoms. The van der Waals surface area contributed by atoms with Gasteiger partial charge in [-0.3, -0.25) is 10.5 Å². The summed E-state index contributed by atoms with van der Waals surface area (Å²) in [5.41, 5.74) is 6.67. The summed E-state index contributed by atoms with van der Waals surface area (Å²) in [4.78, 5) is 10.5. The Labute approximate surface area is 55.2 Å². The first-order chi connectivity index (χ1) is 4.31. The van der Waals surface area contributed by atoms with Gasteiger partial charge in [0, 0.05) is 6.54 Å². The number of hydrogen-bond donors (Lipinski definition) is 0. The molecule has 0 bridgehead atoms. The van der Waals surface area contributed by atoms with E-state index in [9.17, 15) is 4.79 Å². The van der Waals surface area contributed by atoms with Crippen LogP contribution < -0.4 is 5.73 Å². The van der Waals surface area contributed by atoms with Crippen LogP contribution in [0, 0.1) is 0 Å². The first-order valence-corrected chi connectivity index (χ1v) is 3.11. The standard InChI is InChI=1S/C6H12NO2/c1-2-5-9-6(8)3-4-7/h7H,2-5H2,1H3. The topological polar surface area (TPSA) is 50.1 Å². The number of ether oxygens (including phenoxy) is 1. The quantitative estimate of drug-likeness (QED) is 0.523. The molecule has 3 heteroatoms. The molecular formula is C6H12NO2. The molecule has 3 nitrogen and oxygen atoms in total. The van der Waals surface area contributed by atoms with Gasteiger partial charge in [0.1, 0.15) is 0 Å². The molecule has 0 heterocycles. The fraction of sp³-hybridized carbons (Fsp3) is 0.833. The molecule has 0 aliphatic heterocycles. The monoisotopic (exact) mass is 130 g/mol. The fourth-order valence-corrected chi connectivity index (χ4v) is 0.390. The van der Waals surface area contributed by atoms with E-state index in [1.165, 1.54) is 0 Å². The van der Waals surface area contributed by atoms with E-state index in [2.05, 4.69) is 4.74 Å². The van der Waals surface area contributed by atoms with E-state index in [0.717, 1.165) is 6.42 Å². The van der Waals surface area contributed by atoms with E-state index in [1.807, 2.05) is 6.92 Å². The summed E-state index contributed by atoms with van der Waals surface area (Å²) >= 11 is 0. The van der Waals surface area contributed by atoms with Gasteiger partial charge in [0.05, 0.1) is 13.0 Å². The van der Waals surface area contributed by atoms with E-state index in [0.29, 0.717) is 6.61 Å². The van der Waals surface area contributed by atoms with Crippen molar-refractivity contribution in [2.75, 3.05) is 13.2 Å². The number of rotatable bonds is 4. The van der Waals surface area contributed by atoms with Gasteiger partial charge in [0.15, 0.2) is 0 Å². The molecule has 0 spiro atoms. The highest BCUT2D eigenvalue weighted by Crippen LogP contribution is 1.85. The first-order valence-electron chi connectivity index (χ1n) is 3.11. The highest BCUT2D eigenvalue weighted by atomic mass is 16.5. The predicted molar refractivity (Wildman–Crippen MR) is 33.8 cm³/mol. The van der Waals surface area contributed by atoms with Gasteiger partial charge in [-0.1, -0.05) is 6.92 Å². The zero-order valence-corrected chi connectivity index (χ0v) is 5.64. The molecule has 0 atom stereocenters. The van der Waals surface area contributed by atoms with Crippen LogP contribution in [-0.4, -0.2) is 19.1 Å². The Morgan fingerprint density at radius 2 is 2.33 bits per heavy atom. The second-order valence-corrected chi connectivity index (χ2v) is 1.72. The summed E-state index contributed by atoms with van der Waals surface area (Å²) in [5, 5.41) is 0. The highest BCUT2D eigenvalue weighted by molar-refractivity contribution is 5.69. The van der Waals surface area contributed by atoms with Gasteiger partial charge < -0.3 is 4.74 Å². The molecule has 0 amide bonds. The SMILES string of the molecule is CCCOC(=O)CC[NH]. The van der Waals surface area contributed by atoms with Crippen LogP contribution in [0.5, 0.6) is 0 Å². The van der Waals surface area contributed by atoms with Crippen LogP contribution in [0.3, 0.4) is 0 Å². The van der Waals surface area contributed by atoms with E-state index < -0.39 is 0 Å². The number of carbonyl (C=O) groups excluding carboxylic acids is 1. The van der Waals surface area contributed by atoms with Crippen LogP contribution in [-0.2, 0) is 9.53 Å². The highest BCUT2D eigenvalue weighted by Gasteiger charge is 1.97. The van der Waals surface area contributed by atoms with Gasteiger partial charge in [-0.05, 0) is 6.42 Å². The smallest absolute Gasteiger partial charge is 0.307 e. The van der Waals surface area contributed by atoms with Crippen LogP contribution in [0.1, 0.15) is 19.8 Å². The molecule has 0 aliphatic rings. The molecular weight excluding hydrogens is 118 g/mol. The molecule has 0 aromatic heterocycles. The van der Waals surface area contributed by atoms with E-state index in [4.69, 9.17) is 5.73 Å². The maximum atomic E-state index is 10.5. The van der Waals surface area contributed by atoms with Crippen molar-refractivity contribution in [2.45, 2.75) is 19.8 Å². The zero-order valence-electron chi connectivity index (χ0n) is 5.64. The minimum atomic E-state index is -0.258. The Morgan fingerprint density at radius 3 is 2.78 bits per heavy atom. The number of esters is 1. The molecule has 1 radical (unpaired) electrons. The molecule has 0 fully saturated rings. The van der Waals surface area contributed by atoms with Crippen molar-refractivity contribution in [3.63, 3.8) is 0 Å². The Bertz CT molecular complexity index is 83.1. The van der Waals surface area contributed by atoms with Crippen LogP contribution in [0.25, 0.3) is 0 Å². The Hall–Kier alpha value is -0.570. The van der Waals surface area contributed by atoms with Crippen molar-refractivity contribution in [3.05, 3.63) is 0 Å². The average molecular weight is 130 g/mol. The lowest BCUT2D eigenvalue weighted by atomic mass is 10.4. The summed E-state index contributed by atoms with van der Waals surface area (Å²) in [7, 11) is 0. The molecule has 0 saturated carbocycles. The first kappa shape index (κ1) is 8.43. The summed E-state index contributed by atoms with van der Waals surface area (Å²) in [6.45, 7) is 2.55. The molecule has 0 unspecified atom stereocenters. The largest absolute Gasteiger partial charge is 0.466 e. The molecule has 0 rings (SSSR count). The van der Waals surface area contributed by atoms with Gasteiger partial charge in [0.25, 0.3) is 0 Å². The summed E-state index contributed by atoms with van der Waals surface area (Å²) in [6.07, 6.45) is 1.07. The Morgan fingerprint density at radius 1 is 1.67 bits per heavy atom. The van der Waals surface area contributed by atoms with Crippen molar-refractivity contribution in [1.29, 1.82) is 0 Å². The summed E-state index contributed by atoms with van der Waals surface area (Å²) < 4.78 is 4.67. The third-order valence-corrected chi connectivity index (χ3v) is 0.796. The maximum Gasteiger partial charge on any atom is 0.307 e. The van der Waals surface area contributed by atoms with Crippen molar-refractivity contribution in [2.24, 2.45) is 0 Å². The Balaban J connectivity index is 3.06. The van der Waals surface area contributed by atoms with Crippen LogP contribution in [0.15, 0.2) is 0 Å². The molecule has 0 saturated heterocycles. The molecule has 53 valence electrons. The molecule has 0 aromatic rings. The third kappa shape index (κ3) is 5.30. The van der Waals surface area contributed by atoms with Gasteiger partial charge in [-0.15, -0.1) is 0 Å². The zero-order chi connectivity index (χ0) is 7.11. The van der Waals surface area contributed by atoms with Crippen molar-refractivity contribution in [1.82, 2.24) is 5.73 Å². The number of nitrogens with one attached hydrogen (secondary N) is 1. The van der Waals surface area contributed by atoms with Crippen molar-refractivity contribution in [3.8, 4) is 0 Å². The fourth-order valence-electron chi connectivity index (χ4n) is 0.390. The van der Waals surface area contributed by atoms with Crippen LogP contribution >= 0.6 is 0 Å². The van der Waals surface area contributed by atoms with Gasteiger partial charge in [0.2, 0.25) is 0 Å². The normalized spacial score (nSPS) is 9.11. The minimum absolute atomic E-state index is 0.128. The number of hydrogen-bond acceptors (Lipinski definition) is 2. The lowest BCUT2D eigenvalue weighted by Crippen LogP contribution is -2.07. The summed E-state index contributed by atoms with van der Waals surface area (Å²) in [6, 6.07) is 0. The average Bonchev–Trinajstić information content (AvgIpc) is 1.85. The van der Waals surface area contributed by atoms with E-state index in [-0.39, 0.29) is 18.9 Å². The molecule has 1 N–H and O–H groups in total. The second-order valence-electron chi connectivity index (χ2n) is 1.72. The second kappa shape index (κ2) is 5.56. The minimum Gasteiger partial charge on any atom is -0.466 e. The van der Waals surface area contributed by atoms with E-state index in [1.54, 1.807) is 0 Å². The summed E-state index contributed by atoms with van der Waals surface area (Å²) in [5.74, 6) is -0.258. The Kier molecular flexibility index (Phi) is 5.21.